The van der Waals surface area contributed by atoms with Crippen molar-refractivity contribution in [3.05, 3.63) is 29.8 Å². The van der Waals surface area contributed by atoms with Gasteiger partial charge in [0.25, 0.3) is 0 Å². The molecule has 1 aliphatic heterocycles. The summed E-state index contributed by atoms with van der Waals surface area (Å²) in [6, 6.07) is 7.88. The SMILES string of the molecule is CCCCN(CC(=O)N1c2ccccc2CC1C)S(C)(=O)=O. The van der Waals surface area contributed by atoms with Gasteiger partial charge in [0.2, 0.25) is 15.9 Å². The molecule has 1 atom stereocenters. The van der Waals surface area contributed by atoms with Crippen LogP contribution in [0.1, 0.15) is 32.3 Å². The molecule has 1 unspecified atom stereocenters. The summed E-state index contributed by atoms with van der Waals surface area (Å²) in [5, 5.41) is 0. The Morgan fingerprint density at radius 3 is 2.68 bits per heavy atom. The molecular formula is C16H24N2O3S. The monoisotopic (exact) mass is 324 g/mol. The molecule has 0 N–H and O–H groups in total. The van der Waals surface area contributed by atoms with E-state index >= 15 is 0 Å². The van der Waals surface area contributed by atoms with Gasteiger partial charge in [0.15, 0.2) is 0 Å². The highest BCUT2D eigenvalue weighted by atomic mass is 32.2. The summed E-state index contributed by atoms with van der Waals surface area (Å²) in [5.41, 5.74) is 2.05. The normalized spacial score (nSPS) is 17.8. The average molecular weight is 324 g/mol. The standard InChI is InChI=1S/C16H24N2O3S/c1-4-5-10-17(22(3,20)21)12-16(19)18-13(2)11-14-8-6-7-9-15(14)18/h6-9,13H,4-5,10-12H2,1-3H3. The third-order valence-corrected chi connectivity index (χ3v) is 5.27. The van der Waals surface area contributed by atoms with Gasteiger partial charge < -0.3 is 4.90 Å². The number of rotatable bonds is 6. The molecular weight excluding hydrogens is 300 g/mol. The highest BCUT2D eigenvalue weighted by molar-refractivity contribution is 7.88. The van der Waals surface area contributed by atoms with Gasteiger partial charge in [0.1, 0.15) is 0 Å². The van der Waals surface area contributed by atoms with Crippen molar-refractivity contribution in [2.45, 2.75) is 39.2 Å². The van der Waals surface area contributed by atoms with E-state index in [1.54, 1.807) is 4.90 Å². The van der Waals surface area contributed by atoms with Crippen molar-refractivity contribution in [1.29, 1.82) is 0 Å². The summed E-state index contributed by atoms with van der Waals surface area (Å²) in [6.07, 6.45) is 3.63. The molecule has 1 amide bonds. The number of nitrogens with zero attached hydrogens (tertiary/aromatic N) is 2. The number of benzene rings is 1. The lowest BCUT2D eigenvalue weighted by Gasteiger charge is -2.26. The molecule has 0 aromatic heterocycles. The largest absolute Gasteiger partial charge is 0.308 e. The Morgan fingerprint density at radius 2 is 2.05 bits per heavy atom. The number of carbonyl (C=O) groups is 1. The van der Waals surface area contributed by atoms with Crippen molar-refractivity contribution < 1.29 is 13.2 Å². The van der Waals surface area contributed by atoms with Crippen LogP contribution in [0.4, 0.5) is 5.69 Å². The van der Waals surface area contributed by atoms with Gasteiger partial charge in [0.05, 0.1) is 12.8 Å². The summed E-state index contributed by atoms with van der Waals surface area (Å²) in [5.74, 6) is -0.154. The number of sulfonamides is 1. The van der Waals surface area contributed by atoms with Crippen LogP contribution in [0.15, 0.2) is 24.3 Å². The predicted molar refractivity (Wildman–Crippen MR) is 88.4 cm³/mol. The van der Waals surface area contributed by atoms with Gasteiger partial charge in [-0.05, 0) is 31.4 Å². The molecule has 122 valence electrons. The number of anilines is 1. The van der Waals surface area contributed by atoms with Crippen LogP contribution in [0.25, 0.3) is 0 Å². The summed E-state index contributed by atoms with van der Waals surface area (Å²) < 4.78 is 25.0. The number of hydrogen-bond acceptors (Lipinski definition) is 3. The molecule has 0 fully saturated rings. The fraction of sp³-hybridized carbons (Fsp3) is 0.562. The Bertz CT molecular complexity index is 643. The quantitative estimate of drug-likeness (QED) is 0.804. The van der Waals surface area contributed by atoms with Crippen LogP contribution >= 0.6 is 0 Å². The number of para-hydroxylation sites is 1. The predicted octanol–water partition coefficient (Wildman–Crippen LogP) is 2.03. The lowest BCUT2D eigenvalue weighted by molar-refractivity contribution is -0.119. The zero-order valence-electron chi connectivity index (χ0n) is 13.4. The van der Waals surface area contributed by atoms with Gasteiger partial charge in [-0.25, -0.2) is 8.42 Å². The van der Waals surface area contributed by atoms with E-state index < -0.39 is 10.0 Å². The van der Waals surface area contributed by atoms with Crippen molar-refractivity contribution in [2.24, 2.45) is 0 Å². The summed E-state index contributed by atoms with van der Waals surface area (Å²) in [4.78, 5) is 14.4. The van der Waals surface area contributed by atoms with Gasteiger partial charge in [-0.3, -0.25) is 4.79 Å². The van der Waals surface area contributed by atoms with E-state index in [1.165, 1.54) is 4.31 Å². The number of hydrogen-bond donors (Lipinski definition) is 0. The second kappa shape index (κ2) is 6.79. The van der Waals surface area contributed by atoms with Crippen LogP contribution in [0.2, 0.25) is 0 Å². The molecule has 0 radical (unpaired) electrons. The van der Waals surface area contributed by atoms with Gasteiger partial charge in [0, 0.05) is 18.3 Å². The Kier molecular flexibility index (Phi) is 5.24. The highest BCUT2D eigenvalue weighted by Crippen LogP contribution is 2.31. The van der Waals surface area contributed by atoms with E-state index in [9.17, 15) is 13.2 Å². The second-order valence-corrected chi connectivity index (χ2v) is 7.88. The molecule has 2 rings (SSSR count). The Balaban J connectivity index is 2.17. The van der Waals surface area contributed by atoms with Crippen molar-refractivity contribution in [2.75, 3.05) is 24.2 Å². The van der Waals surface area contributed by atoms with Crippen LogP contribution in [-0.4, -0.2) is 44.0 Å². The first kappa shape index (κ1) is 17.0. The van der Waals surface area contributed by atoms with Crippen LogP contribution in [-0.2, 0) is 21.2 Å². The number of fused-ring (bicyclic) bond motifs is 1. The molecule has 0 bridgehead atoms. The van der Waals surface area contributed by atoms with Crippen molar-refractivity contribution >= 4 is 21.6 Å². The maximum atomic E-state index is 12.7. The smallest absolute Gasteiger partial charge is 0.242 e. The Labute approximate surface area is 133 Å². The lowest BCUT2D eigenvalue weighted by atomic mass is 10.1. The van der Waals surface area contributed by atoms with E-state index in [0.29, 0.717) is 6.54 Å². The third-order valence-electron chi connectivity index (χ3n) is 4.02. The van der Waals surface area contributed by atoms with Crippen molar-refractivity contribution in [1.82, 2.24) is 4.31 Å². The molecule has 6 heteroatoms. The Hall–Kier alpha value is -1.40. The zero-order chi connectivity index (χ0) is 16.3. The zero-order valence-corrected chi connectivity index (χ0v) is 14.3. The van der Waals surface area contributed by atoms with Crippen LogP contribution in [0.5, 0.6) is 0 Å². The first-order chi connectivity index (χ1) is 10.3. The van der Waals surface area contributed by atoms with Gasteiger partial charge >= 0.3 is 0 Å². The van der Waals surface area contributed by atoms with E-state index in [-0.39, 0.29) is 18.5 Å². The molecule has 1 aromatic rings. The van der Waals surface area contributed by atoms with Crippen LogP contribution in [0, 0.1) is 0 Å². The minimum atomic E-state index is -3.37. The number of amides is 1. The topological polar surface area (TPSA) is 57.7 Å². The second-order valence-electron chi connectivity index (χ2n) is 5.90. The van der Waals surface area contributed by atoms with Crippen molar-refractivity contribution in [3.8, 4) is 0 Å². The van der Waals surface area contributed by atoms with Gasteiger partial charge in [-0.15, -0.1) is 0 Å². The van der Waals surface area contributed by atoms with E-state index in [4.69, 9.17) is 0 Å². The molecule has 0 saturated heterocycles. The third kappa shape index (κ3) is 3.67. The Morgan fingerprint density at radius 1 is 1.36 bits per heavy atom. The molecule has 1 aromatic carbocycles. The molecule has 5 nitrogen and oxygen atoms in total. The van der Waals surface area contributed by atoms with E-state index in [1.807, 2.05) is 38.1 Å². The highest BCUT2D eigenvalue weighted by Gasteiger charge is 2.32. The lowest BCUT2D eigenvalue weighted by Crippen LogP contribution is -2.45. The fourth-order valence-corrected chi connectivity index (χ4v) is 3.67. The summed E-state index contributed by atoms with van der Waals surface area (Å²) in [6.45, 7) is 4.30. The maximum Gasteiger partial charge on any atom is 0.242 e. The first-order valence-corrected chi connectivity index (χ1v) is 9.54. The number of carbonyl (C=O) groups excluding carboxylic acids is 1. The minimum Gasteiger partial charge on any atom is -0.308 e. The molecule has 0 aliphatic carbocycles. The first-order valence-electron chi connectivity index (χ1n) is 7.69. The van der Waals surface area contributed by atoms with Crippen LogP contribution in [0.3, 0.4) is 0 Å². The maximum absolute atomic E-state index is 12.7. The average Bonchev–Trinajstić information content (AvgIpc) is 2.77. The fourth-order valence-electron chi connectivity index (χ4n) is 2.87. The van der Waals surface area contributed by atoms with Crippen LogP contribution < -0.4 is 4.90 Å². The van der Waals surface area contributed by atoms with Gasteiger partial charge in [-0.1, -0.05) is 31.5 Å². The summed E-state index contributed by atoms with van der Waals surface area (Å²) >= 11 is 0. The molecule has 0 spiro atoms. The molecule has 0 saturated carbocycles. The van der Waals surface area contributed by atoms with E-state index in [2.05, 4.69) is 0 Å². The number of unbranched alkanes of at least 4 members (excludes halogenated alkanes) is 1. The molecule has 1 heterocycles. The minimum absolute atomic E-state index is 0.0671. The van der Waals surface area contributed by atoms with E-state index in [0.717, 1.165) is 36.8 Å². The summed E-state index contributed by atoms with van der Waals surface area (Å²) in [7, 11) is -3.37. The van der Waals surface area contributed by atoms with Gasteiger partial charge in [-0.2, -0.15) is 4.31 Å². The molecule has 22 heavy (non-hydrogen) atoms. The molecule has 1 aliphatic rings. The van der Waals surface area contributed by atoms with Crippen molar-refractivity contribution in [3.63, 3.8) is 0 Å².